The molecule has 0 bridgehead atoms. The van der Waals surface area contributed by atoms with Crippen molar-refractivity contribution < 1.29 is 14.0 Å². The molecule has 0 atom stereocenters. The predicted octanol–water partition coefficient (Wildman–Crippen LogP) is 4.97. The van der Waals surface area contributed by atoms with E-state index in [2.05, 4.69) is 36.9 Å². The molecule has 6 nitrogen and oxygen atoms in total. The van der Waals surface area contributed by atoms with E-state index in [-0.39, 0.29) is 24.1 Å². The molecule has 3 N–H and O–H groups in total. The minimum atomic E-state index is -0.356. The molecular formula is C23H22BrFN4O2. The maximum Gasteiger partial charge on any atom is 0.252 e. The van der Waals surface area contributed by atoms with Crippen LogP contribution in [0, 0.1) is 12.7 Å². The molecule has 0 aliphatic rings. The third kappa shape index (κ3) is 5.88. The van der Waals surface area contributed by atoms with Gasteiger partial charge >= 0.3 is 0 Å². The third-order valence-electron chi connectivity index (χ3n) is 4.68. The van der Waals surface area contributed by atoms with Crippen LogP contribution in [-0.2, 0) is 11.2 Å². The van der Waals surface area contributed by atoms with Crippen LogP contribution in [0.2, 0.25) is 0 Å². The molecule has 8 heteroatoms. The molecule has 0 aliphatic heterocycles. The number of para-hydroxylation sites is 1. The first-order valence-electron chi connectivity index (χ1n) is 9.66. The lowest BCUT2D eigenvalue weighted by atomic mass is 10.1. The van der Waals surface area contributed by atoms with Gasteiger partial charge in [0.15, 0.2) is 5.82 Å². The van der Waals surface area contributed by atoms with Crippen LogP contribution in [0.3, 0.4) is 0 Å². The first-order valence-corrected chi connectivity index (χ1v) is 10.4. The second-order valence-electron chi connectivity index (χ2n) is 6.92. The molecule has 0 radical (unpaired) electrons. The number of nitrogens with zero attached hydrogens (tertiary/aromatic N) is 1. The summed E-state index contributed by atoms with van der Waals surface area (Å²) in [5, 5.41) is 8.57. The largest absolute Gasteiger partial charge is 0.355 e. The molecule has 0 aliphatic carbocycles. The molecule has 1 aromatic heterocycles. The van der Waals surface area contributed by atoms with Gasteiger partial charge in [-0.25, -0.2) is 9.37 Å². The van der Waals surface area contributed by atoms with Gasteiger partial charge in [0.25, 0.3) is 5.91 Å². The van der Waals surface area contributed by atoms with Crippen molar-refractivity contribution in [3.8, 4) is 0 Å². The predicted molar refractivity (Wildman–Crippen MR) is 123 cm³/mol. The highest BCUT2D eigenvalue weighted by Crippen LogP contribution is 2.27. The summed E-state index contributed by atoms with van der Waals surface area (Å²) in [5.74, 6) is -0.526. The van der Waals surface area contributed by atoms with Crippen molar-refractivity contribution in [3.63, 3.8) is 0 Å². The summed E-state index contributed by atoms with van der Waals surface area (Å²) in [4.78, 5) is 29.0. The van der Waals surface area contributed by atoms with Crippen molar-refractivity contribution in [2.75, 3.05) is 17.7 Å². The second kappa shape index (κ2) is 10.2. The first kappa shape index (κ1) is 22.4. The van der Waals surface area contributed by atoms with Crippen LogP contribution < -0.4 is 16.0 Å². The number of hydrogen-bond donors (Lipinski definition) is 3. The highest BCUT2D eigenvalue weighted by atomic mass is 79.9. The number of aromatic nitrogens is 1. The Kier molecular flexibility index (Phi) is 7.36. The van der Waals surface area contributed by atoms with Crippen LogP contribution in [-0.4, -0.2) is 23.8 Å². The van der Waals surface area contributed by atoms with E-state index in [4.69, 9.17) is 0 Å². The number of aryl methyl sites for hydroxylation is 2. The van der Waals surface area contributed by atoms with Gasteiger partial charge < -0.3 is 16.0 Å². The smallest absolute Gasteiger partial charge is 0.252 e. The number of halogens is 2. The SMILES string of the molecule is CNC(=O)c1cnc(Nc2ccccc2C)c(NC(=O)CCc2cc(F)ccc2Br)c1. The number of hydrogen-bond acceptors (Lipinski definition) is 4. The van der Waals surface area contributed by atoms with Crippen molar-refractivity contribution in [2.24, 2.45) is 0 Å². The van der Waals surface area contributed by atoms with Gasteiger partial charge in [-0.2, -0.15) is 0 Å². The number of carbonyl (C=O) groups excluding carboxylic acids is 2. The number of anilines is 3. The molecule has 2 aromatic carbocycles. The summed E-state index contributed by atoms with van der Waals surface area (Å²) >= 11 is 3.37. The molecule has 3 rings (SSSR count). The Balaban J connectivity index is 1.81. The molecule has 0 fully saturated rings. The van der Waals surface area contributed by atoms with Gasteiger partial charge in [-0.3, -0.25) is 9.59 Å². The molecule has 0 spiro atoms. The van der Waals surface area contributed by atoms with Gasteiger partial charge in [-0.05, 0) is 54.8 Å². The summed E-state index contributed by atoms with van der Waals surface area (Å²) in [5.41, 5.74) is 3.24. The van der Waals surface area contributed by atoms with E-state index in [0.717, 1.165) is 15.7 Å². The average molecular weight is 485 g/mol. The number of rotatable bonds is 7. The zero-order valence-corrected chi connectivity index (χ0v) is 18.7. The first-order chi connectivity index (χ1) is 14.9. The van der Waals surface area contributed by atoms with E-state index in [1.165, 1.54) is 25.4 Å². The maximum atomic E-state index is 13.5. The van der Waals surface area contributed by atoms with Crippen LogP contribution in [0.5, 0.6) is 0 Å². The lowest BCUT2D eigenvalue weighted by Crippen LogP contribution is -2.20. The van der Waals surface area contributed by atoms with Gasteiger partial charge in [0.05, 0.1) is 11.3 Å². The van der Waals surface area contributed by atoms with E-state index >= 15 is 0 Å². The van der Waals surface area contributed by atoms with Gasteiger partial charge in [0, 0.05) is 29.8 Å². The van der Waals surface area contributed by atoms with E-state index < -0.39 is 0 Å². The highest BCUT2D eigenvalue weighted by molar-refractivity contribution is 9.10. The van der Waals surface area contributed by atoms with Crippen molar-refractivity contribution >= 4 is 44.9 Å². The van der Waals surface area contributed by atoms with Gasteiger partial charge in [-0.15, -0.1) is 0 Å². The van der Waals surface area contributed by atoms with Crippen LogP contribution >= 0.6 is 15.9 Å². The normalized spacial score (nSPS) is 10.5. The molecular weight excluding hydrogens is 463 g/mol. The van der Waals surface area contributed by atoms with Crippen LogP contribution in [0.15, 0.2) is 59.2 Å². The number of benzene rings is 2. The van der Waals surface area contributed by atoms with Gasteiger partial charge in [-0.1, -0.05) is 34.1 Å². The quantitative estimate of drug-likeness (QED) is 0.442. The number of amides is 2. The number of carbonyl (C=O) groups is 2. The molecule has 31 heavy (non-hydrogen) atoms. The molecule has 0 unspecified atom stereocenters. The molecule has 0 saturated heterocycles. The molecule has 2 amide bonds. The summed E-state index contributed by atoms with van der Waals surface area (Å²) in [6.07, 6.45) is 1.93. The van der Waals surface area contributed by atoms with E-state index in [1.807, 2.05) is 31.2 Å². The van der Waals surface area contributed by atoms with E-state index in [1.54, 1.807) is 12.1 Å². The third-order valence-corrected chi connectivity index (χ3v) is 5.45. The van der Waals surface area contributed by atoms with Crippen LogP contribution in [0.1, 0.15) is 27.9 Å². The van der Waals surface area contributed by atoms with Crippen molar-refractivity contribution in [1.82, 2.24) is 10.3 Å². The zero-order valence-electron chi connectivity index (χ0n) is 17.1. The molecule has 3 aromatic rings. The van der Waals surface area contributed by atoms with Crippen molar-refractivity contribution in [1.29, 1.82) is 0 Å². The fraction of sp³-hybridized carbons (Fsp3) is 0.174. The fourth-order valence-corrected chi connectivity index (χ4v) is 3.41. The Morgan fingerprint density at radius 1 is 1.10 bits per heavy atom. The lowest BCUT2D eigenvalue weighted by Gasteiger charge is -2.15. The fourth-order valence-electron chi connectivity index (χ4n) is 2.96. The summed E-state index contributed by atoms with van der Waals surface area (Å²) < 4.78 is 14.2. The van der Waals surface area contributed by atoms with Crippen LogP contribution in [0.25, 0.3) is 0 Å². The van der Waals surface area contributed by atoms with Crippen molar-refractivity contribution in [2.45, 2.75) is 19.8 Å². The Labute approximate surface area is 188 Å². The Morgan fingerprint density at radius 3 is 2.61 bits per heavy atom. The van der Waals surface area contributed by atoms with Crippen molar-refractivity contribution in [3.05, 3.63) is 81.7 Å². The second-order valence-corrected chi connectivity index (χ2v) is 7.78. The molecule has 0 saturated carbocycles. The minimum Gasteiger partial charge on any atom is -0.355 e. The number of nitrogens with one attached hydrogen (secondary N) is 3. The van der Waals surface area contributed by atoms with E-state index in [9.17, 15) is 14.0 Å². The topological polar surface area (TPSA) is 83.1 Å². The maximum absolute atomic E-state index is 13.5. The number of pyridine rings is 1. The standard InChI is InChI=1S/C23H22BrFN4O2/c1-14-5-3-4-6-19(14)29-22-20(12-16(13-27-22)23(31)26-2)28-21(30)10-7-15-11-17(25)8-9-18(15)24/h3-6,8-9,11-13H,7,10H2,1-2H3,(H,26,31)(H,27,29)(H,28,30). The molecule has 160 valence electrons. The summed E-state index contributed by atoms with van der Waals surface area (Å²) in [6.45, 7) is 1.95. The van der Waals surface area contributed by atoms with Crippen LogP contribution in [0.4, 0.5) is 21.6 Å². The lowest BCUT2D eigenvalue weighted by molar-refractivity contribution is -0.116. The Bertz CT molecular complexity index is 1120. The van der Waals surface area contributed by atoms with Gasteiger partial charge in [0.2, 0.25) is 5.91 Å². The highest BCUT2D eigenvalue weighted by Gasteiger charge is 2.14. The zero-order chi connectivity index (χ0) is 22.4. The Hall–Kier alpha value is -3.26. The monoisotopic (exact) mass is 484 g/mol. The Morgan fingerprint density at radius 2 is 1.87 bits per heavy atom. The molecule has 1 heterocycles. The van der Waals surface area contributed by atoms with E-state index in [0.29, 0.717) is 29.1 Å². The average Bonchev–Trinajstić information content (AvgIpc) is 2.76. The van der Waals surface area contributed by atoms with Gasteiger partial charge in [0.1, 0.15) is 5.82 Å². The summed E-state index contributed by atoms with van der Waals surface area (Å²) in [6, 6.07) is 13.6. The summed E-state index contributed by atoms with van der Waals surface area (Å²) in [7, 11) is 1.52. The minimum absolute atomic E-state index is 0.135.